The van der Waals surface area contributed by atoms with Crippen molar-refractivity contribution < 1.29 is 28.2 Å². The van der Waals surface area contributed by atoms with Crippen LogP contribution in [0.1, 0.15) is 32.8 Å². The van der Waals surface area contributed by atoms with E-state index in [9.17, 15) is 23.5 Å². The molecule has 198 valence electrons. The summed E-state index contributed by atoms with van der Waals surface area (Å²) in [5.74, 6) is -1.22. The fraction of sp³-hybridized carbons (Fsp3) is 0.346. The number of pyridine rings is 1. The Morgan fingerprint density at radius 1 is 1.19 bits per heavy atom. The molecule has 0 aliphatic rings. The van der Waals surface area contributed by atoms with Gasteiger partial charge in [-0.15, -0.1) is 0 Å². The molecule has 0 aliphatic heterocycles. The van der Waals surface area contributed by atoms with Crippen molar-refractivity contribution in [2.24, 2.45) is 5.41 Å². The quantitative estimate of drug-likeness (QED) is 0.315. The van der Waals surface area contributed by atoms with Gasteiger partial charge in [0, 0.05) is 31.7 Å². The number of aliphatic hydroxyl groups is 1. The van der Waals surface area contributed by atoms with Crippen LogP contribution in [-0.4, -0.2) is 46.4 Å². The molecule has 0 fully saturated rings. The molecule has 1 aromatic heterocycles. The summed E-state index contributed by atoms with van der Waals surface area (Å²) in [5, 5.41) is 14.7. The number of nitrogens with zero attached hydrogens (tertiary/aromatic N) is 2. The van der Waals surface area contributed by atoms with E-state index < -0.39 is 29.2 Å². The van der Waals surface area contributed by atoms with Crippen molar-refractivity contribution in [2.75, 3.05) is 18.5 Å². The average Bonchev–Trinajstić information content (AvgIpc) is 2.84. The molecule has 0 radical (unpaired) electrons. The van der Waals surface area contributed by atoms with E-state index in [1.54, 1.807) is 26.0 Å². The zero-order chi connectivity index (χ0) is 27.2. The number of nitrogens with one attached hydrogen (secondary N) is 2. The van der Waals surface area contributed by atoms with Gasteiger partial charge in [0.25, 0.3) is 0 Å². The highest BCUT2D eigenvalue weighted by Gasteiger charge is 2.30. The average molecular weight is 535 g/mol. The Hall–Kier alpha value is -3.34. The first kappa shape index (κ1) is 28.2. The Morgan fingerprint density at radius 3 is 2.65 bits per heavy atom. The van der Waals surface area contributed by atoms with E-state index >= 15 is 0 Å². The standard InChI is InChI=1S/C26H29ClF2N4O4/c1-16(35)33(31-13-18-5-4-6-22(29)24(18)27)21(11-26(2,3)15-34)14-37-25(36)32-23-10-19-9-20(28)8-7-17(19)12-30-23/h4-10,12,21,31,34H,11,13-15H2,1-3H3,(H,30,32,36)/t21-/m0/s1. The first-order valence-corrected chi connectivity index (χ1v) is 11.9. The van der Waals surface area contributed by atoms with Crippen LogP contribution in [0.2, 0.25) is 5.02 Å². The first-order chi connectivity index (χ1) is 17.5. The number of carbonyl (C=O) groups excluding carboxylic acids is 2. The third-order valence-corrected chi connectivity index (χ3v) is 6.14. The second kappa shape index (κ2) is 12.3. The third kappa shape index (κ3) is 7.82. The highest BCUT2D eigenvalue weighted by atomic mass is 35.5. The van der Waals surface area contributed by atoms with Crippen LogP contribution in [0.25, 0.3) is 10.8 Å². The number of ether oxygens (including phenoxy) is 1. The molecule has 3 rings (SSSR count). The number of fused-ring (bicyclic) bond motifs is 1. The molecule has 1 heterocycles. The molecule has 2 amide bonds. The summed E-state index contributed by atoms with van der Waals surface area (Å²) in [6.07, 6.45) is 0.940. The Bertz CT molecular complexity index is 1270. The molecule has 0 bridgehead atoms. The van der Waals surface area contributed by atoms with Crippen LogP contribution < -0.4 is 10.7 Å². The summed E-state index contributed by atoms with van der Waals surface area (Å²) in [6, 6.07) is 9.40. The summed E-state index contributed by atoms with van der Waals surface area (Å²) < 4.78 is 32.8. The minimum absolute atomic E-state index is 0.0377. The lowest BCUT2D eigenvalue weighted by Gasteiger charge is -2.35. The molecule has 3 aromatic rings. The number of rotatable bonds is 10. The normalized spacial score (nSPS) is 12.3. The van der Waals surface area contributed by atoms with Gasteiger partial charge < -0.3 is 9.84 Å². The second-order valence-electron chi connectivity index (χ2n) is 9.40. The Labute approximate surface area is 218 Å². The number of aliphatic hydroxyl groups excluding tert-OH is 1. The van der Waals surface area contributed by atoms with E-state index in [1.165, 1.54) is 48.5 Å². The largest absolute Gasteiger partial charge is 0.447 e. The molecule has 0 unspecified atom stereocenters. The van der Waals surface area contributed by atoms with Crippen molar-refractivity contribution in [3.63, 3.8) is 0 Å². The smallest absolute Gasteiger partial charge is 0.412 e. The van der Waals surface area contributed by atoms with Gasteiger partial charge in [-0.3, -0.25) is 15.1 Å². The molecule has 1 atom stereocenters. The zero-order valence-corrected chi connectivity index (χ0v) is 21.5. The van der Waals surface area contributed by atoms with Crippen LogP contribution >= 0.6 is 11.6 Å². The summed E-state index contributed by atoms with van der Waals surface area (Å²) in [7, 11) is 0. The number of halogens is 3. The Morgan fingerprint density at radius 2 is 1.95 bits per heavy atom. The van der Waals surface area contributed by atoms with E-state index in [-0.39, 0.29) is 42.9 Å². The highest BCUT2D eigenvalue weighted by Crippen LogP contribution is 2.25. The minimum atomic E-state index is -0.827. The summed E-state index contributed by atoms with van der Waals surface area (Å²) in [4.78, 5) is 29.2. The van der Waals surface area contributed by atoms with E-state index in [0.29, 0.717) is 16.3 Å². The molecule has 0 aliphatic carbocycles. The summed E-state index contributed by atoms with van der Waals surface area (Å²) in [5.41, 5.74) is 2.77. The number of benzene rings is 2. The van der Waals surface area contributed by atoms with E-state index in [0.717, 1.165) is 0 Å². The Balaban J connectivity index is 1.72. The van der Waals surface area contributed by atoms with Crippen LogP contribution in [-0.2, 0) is 16.1 Å². The van der Waals surface area contributed by atoms with Gasteiger partial charge in [0.1, 0.15) is 24.1 Å². The van der Waals surface area contributed by atoms with Gasteiger partial charge >= 0.3 is 6.09 Å². The predicted molar refractivity (Wildman–Crippen MR) is 137 cm³/mol. The lowest BCUT2D eigenvalue weighted by Crippen LogP contribution is -2.52. The number of hydrazine groups is 1. The van der Waals surface area contributed by atoms with Gasteiger partial charge in [-0.1, -0.05) is 37.6 Å². The third-order valence-electron chi connectivity index (χ3n) is 5.71. The predicted octanol–water partition coefficient (Wildman–Crippen LogP) is 5.05. The Kier molecular flexibility index (Phi) is 9.36. The molecular weight excluding hydrogens is 506 g/mol. The molecule has 0 spiro atoms. The van der Waals surface area contributed by atoms with Crippen molar-refractivity contribution in [1.29, 1.82) is 0 Å². The van der Waals surface area contributed by atoms with Crippen molar-refractivity contribution in [3.05, 3.63) is 70.9 Å². The topological polar surface area (TPSA) is 104 Å². The lowest BCUT2D eigenvalue weighted by atomic mass is 9.86. The number of hydrogen-bond donors (Lipinski definition) is 3. The van der Waals surface area contributed by atoms with Gasteiger partial charge in [0.15, 0.2) is 0 Å². The minimum Gasteiger partial charge on any atom is -0.447 e. The lowest BCUT2D eigenvalue weighted by molar-refractivity contribution is -0.137. The molecule has 2 aromatic carbocycles. The molecule has 0 saturated carbocycles. The van der Waals surface area contributed by atoms with Crippen molar-refractivity contribution >= 4 is 40.2 Å². The molecular formula is C26H29ClF2N4O4. The van der Waals surface area contributed by atoms with Gasteiger partial charge in [-0.25, -0.2) is 24.0 Å². The fourth-order valence-corrected chi connectivity index (χ4v) is 3.97. The van der Waals surface area contributed by atoms with E-state index in [4.69, 9.17) is 16.3 Å². The molecule has 11 heteroatoms. The number of aromatic nitrogens is 1. The molecule has 0 saturated heterocycles. The summed E-state index contributed by atoms with van der Waals surface area (Å²) >= 11 is 6.03. The van der Waals surface area contributed by atoms with Crippen LogP contribution in [0.4, 0.5) is 19.4 Å². The number of hydrogen-bond acceptors (Lipinski definition) is 6. The van der Waals surface area contributed by atoms with Gasteiger partial charge in [0.2, 0.25) is 5.91 Å². The van der Waals surface area contributed by atoms with Crippen LogP contribution in [0.5, 0.6) is 0 Å². The van der Waals surface area contributed by atoms with Crippen molar-refractivity contribution in [1.82, 2.24) is 15.4 Å². The number of anilines is 1. The zero-order valence-electron chi connectivity index (χ0n) is 20.7. The van der Waals surface area contributed by atoms with Crippen LogP contribution in [0.15, 0.2) is 48.7 Å². The van der Waals surface area contributed by atoms with Crippen LogP contribution in [0.3, 0.4) is 0 Å². The summed E-state index contributed by atoms with van der Waals surface area (Å²) in [6.45, 7) is 4.59. The fourth-order valence-electron chi connectivity index (χ4n) is 3.77. The number of amides is 2. The SMILES string of the molecule is CC(=O)N(NCc1cccc(F)c1Cl)[C@H](COC(=O)Nc1cc2cc(F)ccc2cn1)CC(C)(C)CO. The number of carbonyl (C=O) groups is 2. The van der Waals surface area contributed by atoms with Crippen molar-refractivity contribution in [2.45, 2.75) is 39.8 Å². The maximum Gasteiger partial charge on any atom is 0.412 e. The van der Waals surface area contributed by atoms with E-state index in [2.05, 4.69) is 15.7 Å². The second-order valence-corrected chi connectivity index (χ2v) is 9.78. The maximum atomic E-state index is 13.8. The monoisotopic (exact) mass is 534 g/mol. The van der Waals surface area contributed by atoms with Crippen LogP contribution in [0, 0.1) is 17.0 Å². The maximum absolute atomic E-state index is 13.8. The van der Waals surface area contributed by atoms with Gasteiger partial charge in [-0.05, 0) is 53.1 Å². The molecule has 3 N–H and O–H groups in total. The van der Waals surface area contributed by atoms with Gasteiger partial charge in [-0.2, -0.15) is 0 Å². The van der Waals surface area contributed by atoms with Gasteiger partial charge in [0.05, 0.1) is 11.1 Å². The highest BCUT2D eigenvalue weighted by molar-refractivity contribution is 6.31. The first-order valence-electron chi connectivity index (χ1n) is 11.6. The van der Waals surface area contributed by atoms with E-state index in [1.807, 2.05) is 0 Å². The molecule has 8 nitrogen and oxygen atoms in total. The van der Waals surface area contributed by atoms with Crippen molar-refractivity contribution in [3.8, 4) is 0 Å². The molecule has 37 heavy (non-hydrogen) atoms.